The van der Waals surface area contributed by atoms with E-state index >= 15 is 17.6 Å². The number of likely N-dealkylation sites (N-methyl/N-ethyl adjacent to an activating group) is 1. The molecular formula is C58H72F5N9O7. The molecule has 3 saturated heterocycles. The maximum Gasteiger partial charge on any atom is 0.407 e. The standard InChI is InChI=1S/C58H72F5N9O7/c1-10-21-69(54(73)51(33(2)77-8)66-57(75)78-9)56-65-45-29-40(60)39(28-49(45)71(56)31-76-7)47-18-17-46(72(47)37-25-42(62)52(43(63)26-37)68-23-19-35(20-24-68)34-13-15-36(59)16-14-34)38-27-44-50(30-41(38)61)70(32-79-55(74)58(3,4)5)53(64-44)48-12-11-22-67(48)6/h13-16,25-29,33,35,46-48,50-51H,10-12,17-24,30-32H2,1-9H3,(H,66,75)/t33?,46-,47?,48?,50?,51?/m1/s1. The molecule has 4 aromatic rings. The third kappa shape index (κ3) is 11.4. The number of benzene rings is 3. The van der Waals surface area contributed by atoms with Gasteiger partial charge in [-0.1, -0.05) is 19.1 Å². The molecule has 0 radical (unpaired) electrons. The summed E-state index contributed by atoms with van der Waals surface area (Å²) in [4.78, 5) is 58.8. The van der Waals surface area contributed by atoms with Crippen LogP contribution < -0.4 is 20.0 Å². The minimum Gasteiger partial charge on any atom is -0.453 e. The maximum atomic E-state index is 17.5. The number of aliphatic imine (C=N–C) groups is 1. The summed E-state index contributed by atoms with van der Waals surface area (Å²) in [5, 5.41) is 2.56. The van der Waals surface area contributed by atoms with E-state index in [-0.39, 0.29) is 91.0 Å². The minimum absolute atomic E-state index is 0.0638. The van der Waals surface area contributed by atoms with E-state index < -0.39 is 76.9 Å². The molecule has 1 aromatic heterocycles. The van der Waals surface area contributed by atoms with Crippen molar-refractivity contribution in [2.75, 3.05) is 76.0 Å². The molecule has 2 amide bonds. The second kappa shape index (κ2) is 23.6. The van der Waals surface area contributed by atoms with Crippen LogP contribution in [0, 0.1) is 28.7 Å². The number of hydrogen-bond acceptors (Lipinski definition) is 13. The minimum atomic E-state index is -1.21. The number of esters is 1. The predicted molar refractivity (Wildman–Crippen MR) is 290 cm³/mol. The predicted octanol–water partition coefficient (Wildman–Crippen LogP) is 10.0. The van der Waals surface area contributed by atoms with Gasteiger partial charge in [-0.05, 0) is 134 Å². The van der Waals surface area contributed by atoms with Gasteiger partial charge in [0.2, 0.25) is 5.95 Å². The van der Waals surface area contributed by atoms with Crippen LogP contribution in [0.25, 0.3) is 11.0 Å². The summed E-state index contributed by atoms with van der Waals surface area (Å²) in [7, 11) is 6.03. The Balaban J connectivity index is 1.12. The number of carbonyl (C=O) groups is 3. The van der Waals surface area contributed by atoms with Crippen molar-refractivity contribution < 1.29 is 55.3 Å². The van der Waals surface area contributed by atoms with Gasteiger partial charge in [-0.3, -0.25) is 24.0 Å². The number of fused-ring (bicyclic) bond motifs is 2. The largest absolute Gasteiger partial charge is 0.453 e. The van der Waals surface area contributed by atoms with Crippen molar-refractivity contribution in [2.24, 2.45) is 10.4 Å². The van der Waals surface area contributed by atoms with Crippen molar-refractivity contribution in [3.63, 3.8) is 0 Å². The number of nitrogens with zero attached hydrogens (tertiary/aromatic N) is 8. The first-order chi connectivity index (χ1) is 37.8. The van der Waals surface area contributed by atoms with Gasteiger partial charge in [0.25, 0.3) is 5.91 Å². The smallest absolute Gasteiger partial charge is 0.407 e. The van der Waals surface area contributed by atoms with Gasteiger partial charge in [-0.15, -0.1) is 0 Å². The molecule has 3 aromatic carbocycles. The van der Waals surface area contributed by atoms with E-state index in [1.165, 1.54) is 56.6 Å². The van der Waals surface area contributed by atoms with E-state index in [4.69, 9.17) is 28.9 Å². The Morgan fingerprint density at radius 1 is 0.848 bits per heavy atom. The average Bonchev–Trinajstić information content (AvgIpc) is 4.34. The van der Waals surface area contributed by atoms with Crippen LogP contribution in [-0.4, -0.2) is 135 Å². The Hall–Kier alpha value is -6.58. The summed E-state index contributed by atoms with van der Waals surface area (Å²) in [6.07, 6.45) is 3.70. The zero-order valence-corrected chi connectivity index (χ0v) is 46.5. The lowest BCUT2D eigenvalue weighted by Crippen LogP contribution is -2.55. The molecule has 0 spiro atoms. The summed E-state index contributed by atoms with van der Waals surface area (Å²) < 4.78 is 106. The van der Waals surface area contributed by atoms with Gasteiger partial charge < -0.3 is 39.0 Å². The number of methoxy groups -OCH3 is 3. The molecule has 3 fully saturated rings. The van der Waals surface area contributed by atoms with Crippen molar-refractivity contribution in [3.8, 4) is 0 Å². The van der Waals surface area contributed by atoms with Gasteiger partial charge >= 0.3 is 12.1 Å². The van der Waals surface area contributed by atoms with Gasteiger partial charge in [0, 0.05) is 63.2 Å². The quantitative estimate of drug-likeness (QED) is 0.0793. The fourth-order valence-electron chi connectivity index (χ4n) is 12.0. The Morgan fingerprint density at radius 2 is 1.54 bits per heavy atom. The summed E-state index contributed by atoms with van der Waals surface area (Å²) in [5.74, 6) is -3.38. The van der Waals surface area contributed by atoms with Crippen LogP contribution in [0.1, 0.15) is 109 Å². The molecule has 426 valence electrons. The normalized spacial score (nSPS) is 21.8. The van der Waals surface area contributed by atoms with Crippen LogP contribution in [0.3, 0.4) is 0 Å². The molecule has 0 bridgehead atoms. The fourth-order valence-corrected chi connectivity index (χ4v) is 12.0. The monoisotopic (exact) mass is 1100 g/mol. The van der Waals surface area contributed by atoms with Crippen LogP contribution in [0.4, 0.5) is 44.1 Å². The van der Waals surface area contributed by atoms with Crippen LogP contribution >= 0.6 is 0 Å². The van der Waals surface area contributed by atoms with Crippen LogP contribution in [0.2, 0.25) is 0 Å². The summed E-state index contributed by atoms with van der Waals surface area (Å²) in [5.41, 5.74) is 1.47. The molecule has 1 N–H and O–H groups in total. The number of hydrogen-bond donors (Lipinski definition) is 1. The number of rotatable bonds is 17. The molecule has 16 nitrogen and oxygen atoms in total. The molecule has 79 heavy (non-hydrogen) atoms. The maximum absolute atomic E-state index is 17.5. The lowest BCUT2D eigenvalue weighted by molar-refractivity contribution is -0.156. The van der Waals surface area contributed by atoms with Crippen molar-refractivity contribution in [2.45, 2.75) is 135 Å². The van der Waals surface area contributed by atoms with Crippen molar-refractivity contribution in [1.29, 1.82) is 0 Å². The van der Waals surface area contributed by atoms with E-state index in [0.29, 0.717) is 49.4 Å². The second-order valence-corrected chi connectivity index (χ2v) is 22.3. The molecule has 5 aliphatic rings. The Bertz CT molecular complexity index is 3000. The van der Waals surface area contributed by atoms with E-state index in [1.807, 2.05) is 18.9 Å². The number of anilines is 3. The highest BCUT2D eigenvalue weighted by Gasteiger charge is 2.46. The first-order valence-electron chi connectivity index (χ1n) is 27.2. The van der Waals surface area contributed by atoms with Gasteiger partial charge in [0.05, 0.1) is 59.5 Å². The van der Waals surface area contributed by atoms with E-state index in [2.05, 4.69) is 10.2 Å². The fraction of sp³-hybridized carbons (Fsp3) is 0.534. The number of aromatic nitrogens is 2. The molecule has 1 aliphatic carbocycles. The molecular weight excluding hydrogens is 1030 g/mol. The lowest BCUT2D eigenvalue weighted by Gasteiger charge is -2.37. The lowest BCUT2D eigenvalue weighted by atomic mass is 9.89. The molecule has 4 aliphatic heterocycles. The number of halogens is 5. The number of carbonyl (C=O) groups excluding carboxylic acids is 3. The molecule has 21 heteroatoms. The zero-order valence-electron chi connectivity index (χ0n) is 46.5. The van der Waals surface area contributed by atoms with Crippen molar-refractivity contribution in [3.05, 3.63) is 106 Å². The highest BCUT2D eigenvalue weighted by Crippen LogP contribution is 2.49. The SMILES string of the molecule is CCCN(C(=O)C(NC(=O)OC)C(C)OC)c1nc2cc(F)c(C3CC[C@H](C4=C(F)CC5C(=C4)N=C(C4CCCN4C)N5COC(=O)C(C)(C)C)N3c3cc(F)c(N4CCC(c5ccc(F)cc5)CC4)c(F)c3)cc2n1COC. The van der Waals surface area contributed by atoms with Crippen molar-refractivity contribution >= 4 is 52.2 Å². The van der Waals surface area contributed by atoms with Crippen LogP contribution in [0.5, 0.6) is 0 Å². The van der Waals surface area contributed by atoms with Crippen molar-refractivity contribution in [1.82, 2.24) is 24.7 Å². The van der Waals surface area contributed by atoms with Crippen LogP contribution in [-0.2, 0) is 35.3 Å². The number of amidine groups is 1. The second-order valence-electron chi connectivity index (χ2n) is 22.3. The van der Waals surface area contributed by atoms with E-state index in [0.717, 1.165) is 24.9 Å². The molecule has 5 unspecified atom stereocenters. The van der Waals surface area contributed by atoms with E-state index in [1.54, 1.807) is 66.3 Å². The molecule has 0 saturated carbocycles. The Labute approximate surface area is 458 Å². The average molecular weight is 1100 g/mol. The zero-order chi connectivity index (χ0) is 56.6. The molecule has 9 rings (SSSR count). The first-order valence-corrected chi connectivity index (χ1v) is 27.2. The highest BCUT2D eigenvalue weighted by molar-refractivity contribution is 5.99. The number of nitrogens with one attached hydrogen (secondary N) is 1. The summed E-state index contributed by atoms with van der Waals surface area (Å²) >= 11 is 0. The van der Waals surface area contributed by atoms with E-state index in [9.17, 15) is 18.8 Å². The number of piperidine rings is 1. The highest BCUT2D eigenvalue weighted by atomic mass is 19.1. The van der Waals surface area contributed by atoms with Gasteiger partial charge in [0.1, 0.15) is 41.8 Å². The Morgan fingerprint density at radius 3 is 2.16 bits per heavy atom. The van der Waals surface area contributed by atoms with Gasteiger partial charge in [-0.2, -0.15) is 0 Å². The third-order valence-electron chi connectivity index (χ3n) is 16.2. The number of ether oxygens (including phenoxy) is 4. The summed E-state index contributed by atoms with van der Waals surface area (Å²) in [6.45, 7) is 10.1. The third-order valence-corrected chi connectivity index (χ3v) is 16.2. The first kappa shape index (κ1) is 57.1. The summed E-state index contributed by atoms with van der Waals surface area (Å²) in [6, 6.07) is 7.86. The molecule has 6 atom stereocenters. The van der Waals surface area contributed by atoms with Crippen LogP contribution in [0.15, 0.2) is 76.7 Å². The topological polar surface area (TPSA) is 147 Å². The van der Waals surface area contributed by atoms with Gasteiger partial charge in [-0.25, -0.2) is 36.7 Å². The number of alkyl carbamates (subject to hydrolysis) is 1. The number of likely N-dealkylation sites (tertiary alicyclic amines) is 1. The number of imidazole rings is 1. The molecule has 5 heterocycles. The Kier molecular flexibility index (Phi) is 17.1. The van der Waals surface area contributed by atoms with Gasteiger partial charge in [0.15, 0.2) is 18.4 Å². The number of amides is 2.